The van der Waals surface area contributed by atoms with E-state index in [4.69, 9.17) is 0 Å². The van der Waals surface area contributed by atoms with Gasteiger partial charge in [-0.3, -0.25) is 0 Å². The molecule has 19 heavy (non-hydrogen) atoms. The highest BCUT2D eigenvalue weighted by Crippen LogP contribution is 2.18. The molecule has 2 N–H and O–H groups in total. The molecule has 1 aromatic rings. The van der Waals surface area contributed by atoms with Gasteiger partial charge in [0.2, 0.25) is 10.0 Å². The Bertz CT molecular complexity index is 467. The summed E-state index contributed by atoms with van der Waals surface area (Å²) in [6.07, 6.45) is 3.91. The largest absolute Gasteiger partial charge is 0.314 e. The second-order valence-corrected chi connectivity index (χ2v) is 7.91. The maximum atomic E-state index is 11.9. The first-order valence-electron chi connectivity index (χ1n) is 6.79. The van der Waals surface area contributed by atoms with Gasteiger partial charge in [-0.05, 0) is 61.5 Å². The topological polar surface area (TPSA) is 58.2 Å². The first-order chi connectivity index (χ1) is 9.05. The summed E-state index contributed by atoms with van der Waals surface area (Å²) >= 11 is 1.64. The van der Waals surface area contributed by atoms with Crippen molar-refractivity contribution in [1.29, 1.82) is 0 Å². The standard InChI is InChI=1S/C13H22N2O2S2/c1-11(9-12-5-7-18-10-12)15-19(16,17)8-2-6-14-13-3-4-13/h5,7,10-11,13-15H,2-4,6,8-9H2,1H3. The monoisotopic (exact) mass is 302 g/mol. The van der Waals surface area contributed by atoms with Gasteiger partial charge < -0.3 is 5.32 Å². The van der Waals surface area contributed by atoms with Crippen LogP contribution in [0.4, 0.5) is 0 Å². The van der Waals surface area contributed by atoms with Crippen LogP contribution in [-0.2, 0) is 16.4 Å². The molecule has 1 heterocycles. The molecule has 0 amide bonds. The van der Waals surface area contributed by atoms with Gasteiger partial charge in [0.1, 0.15) is 0 Å². The molecule has 108 valence electrons. The molecule has 1 fully saturated rings. The molecule has 0 spiro atoms. The first kappa shape index (κ1) is 15.0. The Morgan fingerprint density at radius 2 is 2.26 bits per heavy atom. The second kappa shape index (κ2) is 6.83. The lowest BCUT2D eigenvalue weighted by atomic mass is 10.1. The molecule has 0 bridgehead atoms. The third-order valence-electron chi connectivity index (χ3n) is 3.10. The van der Waals surface area contributed by atoms with E-state index in [0.717, 1.165) is 13.0 Å². The minimum absolute atomic E-state index is 0.0454. The molecule has 1 aliphatic rings. The van der Waals surface area contributed by atoms with E-state index in [-0.39, 0.29) is 11.8 Å². The van der Waals surface area contributed by atoms with Crippen LogP contribution in [0.5, 0.6) is 0 Å². The van der Waals surface area contributed by atoms with Crippen LogP contribution in [0.15, 0.2) is 16.8 Å². The summed E-state index contributed by atoms with van der Waals surface area (Å²) in [5, 5.41) is 7.40. The zero-order chi connectivity index (χ0) is 13.7. The summed E-state index contributed by atoms with van der Waals surface area (Å²) in [7, 11) is -3.15. The number of hydrogen-bond acceptors (Lipinski definition) is 4. The lowest BCUT2D eigenvalue weighted by Crippen LogP contribution is -2.36. The maximum absolute atomic E-state index is 11.9. The molecule has 1 aliphatic carbocycles. The lowest BCUT2D eigenvalue weighted by Gasteiger charge is -2.13. The zero-order valence-corrected chi connectivity index (χ0v) is 12.9. The summed E-state index contributed by atoms with van der Waals surface area (Å²) in [5.74, 6) is 0.209. The molecule has 0 aliphatic heterocycles. The predicted octanol–water partition coefficient (Wildman–Crippen LogP) is 1.74. The summed E-state index contributed by atoms with van der Waals surface area (Å²) < 4.78 is 26.5. The van der Waals surface area contributed by atoms with Crippen LogP contribution in [0.1, 0.15) is 31.7 Å². The fourth-order valence-electron chi connectivity index (χ4n) is 2.03. The molecule has 0 saturated heterocycles. The average molecular weight is 302 g/mol. The summed E-state index contributed by atoms with van der Waals surface area (Å²) in [5.41, 5.74) is 1.19. The number of thiophene rings is 1. The third-order valence-corrected chi connectivity index (χ3v) is 5.42. The van der Waals surface area contributed by atoms with Gasteiger partial charge in [-0.1, -0.05) is 0 Å². The molecule has 1 unspecified atom stereocenters. The zero-order valence-electron chi connectivity index (χ0n) is 11.3. The molecule has 1 saturated carbocycles. The van der Waals surface area contributed by atoms with Crippen molar-refractivity contribution >= 4 is 21.4 Å². The Labute approximate surface area is 119 Å². The van der Waals surface area contributed by atoms with Gasteiger partial charge in [0.25, 0.3) is 0 Å². The van der Waals surface area contributed by atoms with Crippen LogP contribution >= 0.6 is 11.3 Å². The Balaban J connectivity index is 1.66. The highest BCUT2D eigenvalue weighted by Gasteiger charge is 2.20. The number of sulfonamides is 1. The van der Waals surface area contributed by atoms with E-state index in [1.807, 2.05) is 18.4 Å². The van der Waals surface area contributed by atoms with Gasteiger partial charge in [0, 0.05) is 12.1 Å². The quantitative estimate of drug-likeness (QED) is 0.683. The molecule has 6 heteroatoms. The van der Waals surface area contributed by atoms with Crippen molar-refractivity contribution in [1.82, 2.24) is 10.0 Å². The molecule has 4 nitrogen and oxygen atoms in total. The van der Waals surface area contributed by atoms with E-state index in [2.05, 4.69) is 15.4 Å². The summed E-state index contributed by atoms with van der Waals surface area (Å²) in [6.45, 7) is 2.71. The highest BCUT2D eigenvalue weighted by atomic mass is 32.2. The number of nitrogens with one attached hydrogen (secondary N) is 2. The van der Waals surface area contributed by atoms with Gasteiger partial charge in [-0.15, -0.1) is 0 Å². The van der Waals surface area contributed by atoms with Crippen molar-refractivity contribution in [2.45, 2.75) is 44.7 Å². The molecule has 1 aromatic heterocycles. The Morgan fingerprint density at radius 3 is 2.89 bits per heavy atom. The third kappa shape index (κ3) is 6.03. The smallest absolute Gasteiger partial charge is 0.211 e. The number of hydrogen-bond donors (Lipinski definition) is 2. The van der Waals surface area contributed by atoms with E-state index >= 15 is 0 Å². The fraction of sp³-hybridized carbons (Fsp3) is 0.692. The molecule has 0 aromatic carbocycles. The van der Waals surface area contributed by atoms with Crippen molar-refractivity contribution in [2.75, 3.05) is 12.3 Å². The van der Waals surface area contributed by atoms with Gasteiger partial charge in [-0.2, -0.15) is 11.3 Å². The van der Waals surface area contributed by atoms with Crippen LogP contribution in [-0.4, -0.2) is 32.8 Å². The van der Waals surface area contributed by atoms with Crippen molar-refractivity contribution in [3.05, 3.63) is 22.4 Å². The van der Waals surface area contributed by atoms with E-state index < -0.39 is 10.0 Å². The highest BCUT2D eigenvalue weighted by molar-refractivity contribution is 7.89. The second-order valence-electron chi connectivity index (χ2n) is 5.26. The van der Waals surface area contributed by atoms with Crippen LogP contribution < -0.4 is 10.0 Å². The fourth-order valence-corrected chi connectivity index (χ4v) is 4.05. The molecule has 0 radical (unpaired) electrons. The van der Waals surface area contributed by atoms with Crippen molar-refractivity contribution in [3.63, 3.8) is 0 Å². The minimum Gasteiger partial charge on any atom is -0.314 e. The number of rotatable bonds is 9. The molecular formula is C13H22N2O2S2. The SMILES string of the molecule is CC(Cc1ccsc1)NS(=O)(=O)CCCNC1CC1. The van der Waals surface area contributed by atoms with Crippen LogP contribution in [0.3, 0.4) is 0 Å². The predicted molar refractivity (Wildman–Crippen MR) is 80.0 cm³/mol. The summed E-state index contributed by atoms with van der Waals surface area (Å²) in [4.78, 5) is 0. The van der Waals surface area contributed by atoms with E-state index in [9.17, 15) is 8.42 Å². The Hall–Kier alpha value is -0.430. The first-order valence-corrected chi connectivity index (χ1v) is 9.39. The van der Waals surface area contributed by atoms with Crippen molar-refractivity contribution < 1.29 is 8.42 Å². The lowest BCUT2D eigenvalue weighted by molar-refractivity contribution is 0.554. The van der Waals surface area contributed by atoms with Crippen LogP contribution in [0.25, 0.3) is 0 Å². The van der Waals surface area contributed by atoms with Gasteiger partial charge >= 0.3 is 0 Å². The Morgan fingerprint density at radius 1 is 1.47 bits per heavy atom. The van der Waals surface area contributed by atoms with E-state index in [1.54, 1.807) is 11.3 Å². The van der Waals surface area contributed by atoms with E-state index in [1.165, 1.54) is 18.4 Å². The maximum Gasteiger partial charge on any atom is 0.211 e. The average Bonchev–Trinajstić information content (AvgIpc) is 3.01. The molecule has 1 atom stereocenters. The van der Waals surface area contributed by atoms with Crippen molar-refractivity contribution in [3.8, 4) is 0 Å². The van der Waals surface area contributed by atoms with Gasteiger partial charge in [0.05, 0.1) is 5.75 Å². The van der Waals surface area contributed by atoms with Crippen LogP contribution in [0, 0.1) is 0 Å². The summed E-state index contributed by atoms with van der Waals surface area (Å²) in [6, 6.07) is 2.64. The van der Waals surface area contributed by atoms with Crippen molar-refractivity contribution in [2.24, 2.45) is 0 Å². The van der Waals surface area contributed by atoms with Crippen LogP contribution in [0.2, 0.25) is 0 Å². The van der Waals surface area contributed by atoms with Gasteiger partial charge in [-0.25, -0.2) is 13.1 Å². The Kier molecular flexibility index (Phi) is 5.38. The molecule has 2 rings (SSSR count). The van der Waals surface area contributed by atoms with E-state index in [0.29, 0.717) is 12.5 Å². The minimum atomic E-state index is -3.15. The normalized spacial score (nSPS) is 17.5. The molecular weight excluding hydrogens is 280 g/mol. The van der Waals surface area contributed by atoms with Gasteiger partial charge in [0.15, 0.2) is 0 Å².